The van der Waals surface area contributed by atoms with Crippen molar-refractivity contribution in [1.29, 1.82) is 0 Å². The number of sulfonamides is 1. The molecule has 0 amide bonds. The van der Waals surface area contributed by atoms with Crippen LogP contribution >= 0.6 is 11.8 Å². The van der Waals surface area contributed by atoms with Gasteiger partial charge in [0.05, 0.1) is 0 Å². The van der Waals surface area contributed by atoms with E-state index in [0.717, 1.165) is 5.56 Å². The molecule has 0 bridgehead atoms. The van der Waals surface area contributed by atoms with Crippen LogP contribution in [0.3, 0.4) is 0 Å². The summed E-state index contributed by atoms with van der Waals surface area (Å²) in [4.78, 5) is 0. The van der Waals surface area contributed by atoms with Crippen molar-refractivity contribution in [3.63, 3.8) is 0 Å². The van der Waals surface area contributed by atoms with Crippen molar-refractivity contribution >= 4 is 27.9 Å². The summed E-state index contributed by atoms with van der Waals surface area (Å²) in [5.41, 5.74) is 1.51. The molecule has 3 rings (SSSR count). The second-order valence-electron chi connectivity index (χ2n) is 5.83. The van der Waals surface area contributed by atoms with Gasteiger partial charge in [0, 0.05) is 35.1 Å². The maximum atomic E-state index is 14.0. The summed E-state index contributed by atoms with van der Waals surface area (Å²) in [5, 5.41) is 1.25. The fourth-order valence-corrected chi connectivity index (χ4v) is 5.38. The summed E-state index contributed by atoms with van der Waals surface area (Å²) in [5.74, 6) is 0.428. The van der Waals surface area contributed by atoms with Crippen LogP contribution in [0.15, 0.2) is 60.0 Å². The zero-order valence-electron chi connectivity index (χ0n) is 13.7. The Morgan fingerprint density at radius 1 is 1.04 bits per heavy atom. The monoisotopic (exact) mass is 377 g/mol. The molecule has 1 aliphatic rings. The molecule has 1 saturated heterocycles. The first kappa shape index (κ1) is 18.2. The lowest BCUT2D eigenvalue weighted by atomic mass is 10.1. The minimum atomic E-state index is -3.47. The van der Waals surface area contributed by atoms with Gasteiger partial charge in [-0.1, -0.05) is 48.5 Å². The standard InChI is InChI=1S/C19H20FNO2S2/c20-18-9-5-4-8-17(18)19-10-12-21(13-14-24-19)25(22,23)15-11-16-6-2-1-3-7-16/h1-9,11,15,19H,10,12-14H2. The summed E-state index contributed by atoms with van der Waals surface area (Å²) in [6, 6.07) is 16.1. The smallest absolute Gasteiger partial charge is 0.208 e. The van der Waals surface area contributed by atoms with Crippen LogP contribution in [0, 0.1) is 5.82 Å². The van der Waals surface area contributed by atoms with E-state index in [9.17, 15) is 12.8 Å². The molecule has 0 radical (unpaired) electrons. The van der Waals surface area contributed by atoms with Crippen LogP contribution in [-0.4, -0.2) is 31.6 Å². The molecular formula is C19H20FNO2S2. The van der Waals surface area contributed by atoms with E-state index in [1.807, 2.05) is 36.4 Å². The number of nitrogens with zero attached hydrogens (tertiary/aromatic N) is 1. The summed E-state index contributed by atoms with van der Waals surface area (Å²) in [6.07, 6.45) is 2.21. The highest BCUT2D eigenvalue weighted by Crippen LogP contribution is 2.36. The van der Waals surface area contributed by atoms with Gasteiger partial charge in [0.1, 0.15) is 5.82 Å². The Labute approximate surface area is 152 Å². The second-order valence-corrected chi connectivity index (χ2v) is 8.96. The number of thioether (sulfide) groups is 1. The predicted molar refractivity (Wildman–Crippen MR) is 102 cm³/mol. The normalized spacial score (nSPS) is 19.8. The molecule has 0 spiro atoms. The average molecular weight is 378 g/mol. The van der Waals surface area contributed by atoms with E-state index < -0.39 is 10.0 Å². The minimum Gasteiger partial charge on any atom is -0.208 e. The van der Waals surface area contributed by atoms with Gasteiger partial charge in [0.2, 0.25) is 10.0 Å². The van der Waals surface area contributed by atoms with Gasteiger partial charge in [-0.25, -0.2) is 12.8 Å². The largest absolute Gasteiger partial charge is 0.236 e. The molecule has 6 heteroatoms. The van der Waals surface area contributed by atoms with Gasteiger partial charge >= 0.3 is 0 Å². The Bertz CT molecular complexity index is 838. The average Bonchev–Trinajstić information content (AvgIpc) is 2.88. The van der Waals surface area contributed by atoms with Gasteiger partial charge in [-0.15, -0.1) is 0 Å². The van der Waals surface area contributed by atoms with E-state index in [4.69, 9.17) is 0 Å². The van der Waals surface area contributed by atoms with Crippen LogP contribution in [0.5, 0.6) is 0 Å². The second kappa shape index (κ2) is 8.17. The zero-order chi connectivity index (χ0) is 17.7. The van der Waals surface area contributed by atoms with Crippen LogP contribution in [0.1, 0.15) is 22.8 Å². The molecular weight excluding hydrogens is 357 g/mol. The van der Waals surface area contributed by atoms with E-state index in [1.165, 1.54) is 15.8 Å². The van der Waals surface area contributed by atoms with Gasteiger partial charge < -0.3 is 0 Å². The summed E-state index contributed by atoms with van der Waals surface area (Å²) in [7, 11) is -3.47. The third-order valence-corrected chi connectivity index (χ3v) is 7.02. The van der Waals surface area contributed by atoms with Crippen molar-refractivity contribution in [1.82, 2.24) is 4.31 Å². The number of halogens is 1. The molecule has 0 aliphatic carbocycles. The lowest BCUT2D eigenvalue weighted by Crippen LogP contribution is -2.31. The minimum absolute atomic E-state index is 0.0143. The molecule has 1 heterocycles. The maximum Gasteiger partial charge on any atom is 0.236 e. The lowest BCUT2D eigenvalue weighted by molar-refractivity contribution is 0.433. The van der Waals surface area contributed by atoms with Gasteiger partial charge in [0.15, 0.2) is 0 Å². The Hall–Kier alpha value is -1.63. The molecule has 25 heavy (non-hydrogen) atoms. The molecule has 0 saturated carbocycles. The molecule has 2 aromatic rings. The van der Waals surface area contributed by atoms with Crippen molar-refractivity contribution in [3.05, 3.63) is 76.9 Å². The lowest BCUT2D eigenvalue weighted by Gasteiger charge is -2.18. The fourth-order valence-electron chi connectivity index (χ4n) is 2.80. The third-order valence-electron chi connectivity index (χ3n) is 4.14. The molecule has 2 aromatic carbocycles. The predicted octanol–water partition coefficient (Wildman–Crippen LogP) is 4.31. The first-order chi connectivity index (χ1) is 12.1. The Kier molecular flexibility index (Phi) is 5.93. The number of rotatable bonds is 4. The maximum absolute atomic E-state index is 14.0. The van der Waals surface area contributed by atoms with Crippen molar-refractivity contribution in [2.75, 3.05) is 18.8 Å². The van der Waals surface area contributed by atoms with Crippen LogP contribution in [0.4, 0.5) is 4.39 Å². The Morgan fingerprint density at radius 2 is 1.76 bits per heavy atom. The highest BCUT2D eigenvalue weighted by atomic mass is 32.2. The van der Waals surface area contributed by atoms with Crippen LogP contribution < -0.4 is 0 Å². The van der Waals surface area contributed by atoms with Crippen molar-refractivity contribution < 1.29 is 12.8 Å². The van der Waals surface area contributed by atoms with E-state index in [0.29, 0.717) is 30.8 Å². The van der Waals surface area contributed by atoms with Crippen LogP contribution in [0.25, 0.3) is 6.08 Å². The summed E-state index contributed by atoms with van der Waals surface area (Å²) < 4.78 is 40.6. The number of hydrogen-bond donors (Lipinski definition) is 0. The van der Waals surface area contributed by atoms with Gasteiger partial charge in [-0.2, -0.15) is 16.1 Å². The molecule has 1 atom stereocenters. The van der Waals surface area contributed by atoms with Crippen LogP contribution in [0.2, 0.25) is 0 Å². The Morgan fingerprint density at radius 3 is 2.52 bits per heavy atom. The fraction of sp³-hybridized carbons (Fsp3) is 0.263. The van der Waals surface area contributed by atoms with E-state index in [-0.39, 0.29) is 11.1 Å². The molecule has 0 aromatic heterocycles. The van der Waals surface area contributed by atoms with E-state index >= 15 is 0 Å². The van der Waals surface area contributed by atoms with Crippen molar-refractivity contribution in [2.45, 2.75) is 11.7 Å². The molecule has 1 unspecified atom stereocenters. The number of hydrogen-bond acceptors (Lipinski definition) is 3. The topological polar surface area (TPSA) is 37.4 Å². The molecule has 132 valence electrons. The SMILES string of the molecule is O=S(=O)(C=Cc1ccccc1)N1CCSC(c2ccccc2F)CC1. The first-order valence-corrected chi connectivity index (χ1v) is 10.7. The van der Waals surface area contributed by atoms with Crippen molar-refractivity contribution in [2.24, 2.45) is 0 Å². The van der Waals surface area contributed by atoms with Gasteiger partial charge in [-0.3, -0.25) is 0 Å². The first-order valence-electron chi connectivity index (χ1n) is 8.15. The van der Waals surface area contributed by atoms with Gasteiger partial charge in [-0.05, 0) is 24.1 Å². The summed E-state index contributed by atoms with van der Waals surface area (Å²) in [6.45, 7) is 0.838. The van der Waals surface area contributed by atoms with Gasteiger partial charge in [0.25, 0.3) is 0 Å². The van der Waals surface area contributed by atoms with Crippen LogP contribution in [-0.2, 0) is 10.0 Å². The van der Waals surface area contributed by atoms with E-state index in [1.54, 1.807) is 30.0 Å². The summed E-state index contributed by atoms with van der Waals surface area (Å²) >= 11 is 1.62. The van der Waals surface area contributed by atoms with Crippen molar-refractivity contribution in [3.8, 4) is 0 Å². The molecule has 3 nitrogen and oxygen atoms in total. The zero-order valence-corrected chi connectivity index (χ0v) is 15.3. The number of benzene rings is 2. The molecule has 1 aliphatic heterocycles. The highest BCUT2D eigenvalue weighted by molar-refractivity contribution is 7.99. The molecule has 0 N–H and O–H groups in total. The van der Waals surface area contributed by atoms with E-state index in [2.05, 4.69) is 0 Å². The molecule has 1 fully saturated rings. The Balaban J connectivity index is 1.70. The third kappa shape index (κ3) is 4.71. The quantitative estimate of drug-likeness (QED) is 0.797. The highest BCUT2D eigenvalue weighted by Gasteiger charge is 2.26.